The Hall–Kier alpha value is -1.63. The number of hydrogen-bond donors (Lipinski definition) is 2. The van der Waals surface area contributed by atoms with Crippen molar-refractivity contribution in [3.8, 4) is 0 Å². The Kier molecular flexibility index (Phi) is 9.59. The normalized spacial score (nSPS) is 17.1. The second kappa shape index (κ2) is 12.0. The van der Waals surface area contributed by atoms with Crippen molar-refractivity contribution >= 4 is 5.96 Å². The molecule has 1 fully saturated rings. The predicted octanol–water partition coefficient (Wildman–Crippen LogP) is 2.24. The van der Waals surface area contributed by atoms with Crippen LogP contribution in [0.5, 0.6) is 0 Å². The Labute approximate surface area is 164 Å². The monoisotopic (exact) mass is 376 g/mol. The molecule has 2 rings (SSSR count). The lowest BCUT2D eigenvalue weighted by atomic mass is 10.0. The first-order chi connectivity index (χ1) is 13.2. The molecular weight excluding hydrogens is 340 g/mol. The lowest BCUT2D eigenvalue weighted by Gasteiger charge is -2.37. The highest BCUT2D eigenvalue weighted by molar-refractivity contribution is 5.79. The van der Waals surface area contributed by atoms with E-state index in [0.717, 1.165) is 52.0 Å². The van der Waals surface area contributed by atoms with Crippen LogP contribution in [0.1, 0.15) is 31.9 Å². The first-order valence-electron chi connectivity index (χ1n) is 10.1. The molecule has 1 saturated heterocycles. The molecule has 6 heteroatoms. The number of aliphatic imine (C=N–C) groups is 1. The Morgan fingerprint density at radius 1 is 1.19 bits per heavy atom. The molecule has 6 nitrogen and oxygen atoms in total. The van der Waals surface area contributed by atoms with Gasteiger partial charge in [0, 0.05) is 45.9 Å². The summed E-state index contributed by atoms with van der Waals surface area (Å²) in [6.07, 6.45) is 0. The first kappa shape index (κ1) is 21.7. The van der Waals surface area contributed by atoms with E-state index in [1.54, 1.807) is 0 Å². The van der Waals surface area contributed by atoms with Crippen molar-refractivity contribution in [1.82, 2.24) is 15.5 Å². The number of guanidine groups is 1. The molecule has 0 amide bonds. The molecule has 152 valence electrons. The van der Waals surface area contributed by atoms with Gasteiger partial charge in [0.2, 0.25) is 0 Å². The smallest absolute Gasteiger partial charge is 0.191 e. The molecule has 0 saturated carbocycles. The van der Waals surface area contributed by atoms with Gasteiger partial charge in [-0.25, -0.2) is 0 Å². The lowest BCUT2D eigenvalue weighted by molar-refractivity contribution is 0.00752. The maximum atomic E-state index is 5.58. The fourth-order valence-electron chi connectivity index (χ4n) is 3.38. The van der Waals surface area contributed by atoms with Crippen LogP contribution in [0.4, 0.5) is 0 Å². The average molecular weight is 377 g/mol. The Bertz CT molecular complexity index is 571. The van der Waals surface area contributed by atoms with Gasteiger partial charge in [-0.2, -0.15) is 0 Å². The minimum absolute atomic E-state index is 0.470. The molecule has 1 heterocycles. The van der Waals surface area contributed by atoms with Gasteiger partial charge in [0.1, 0.15) is 0 Å². The van der Waals surface area contributed by atoms with E-state index < -0.39 is 0 Å². The number of nitrogens with zero attached hydrogens (tertiary/aromatic N) is 2. The molecule has 1 aliphatic heterocycles. The number of hydrogen-bond acceptors (Lipinski definition) is 4. The number of morpholine rings is 1. The van der Waals surface area contributed by atoms with Gasteiger partial charge < -0.3 is 20.1 Å². The minimum atomic E-state index is 0.470. The van der Waals surface area contributed by atoms with Crippen LogP contribution in [-0.4, -0.2) is 63.4 Å². The molecule has 0 bridgehead atoms. The standard InChI is InChI=1S/C21H36N4O2/c1-5-26-16-19-9-7-6-8-18(19)14-23-21(22-4)24-15-20(17(2)3)25-10-12-27-13-11-25/h6-9,17,20H,5,10-16H2,1-4H3,(H2,22,23,24). The summed E-state index contributed by atoms with van der Waals surface area (Å²) >= 11 is 0. The summed E-state index contributed by atoms with van der Waals surface area (Å²) in [7, 11) is 1.82. The summed E-state index contributed by atoms with van der Waals surface area (Å²) < 4.78 is 11.1. The van der Waals surface area contributed by atoms with E-state index in [9.17, 15) is 0 Å². The molecule has 27 heavy (non-hydrogen) atoms. The van der Waals surface area contributed by atoms with E-state index in [4.69, 9.17) is 9.47 Å². The van der Waals surface area contributed by atoms with Crippen molar-refractivity contribution < 1.29 is 9.47 Å². The van der Waals surface area contributed by atoms with Crippen molar-refractivity contribution in [3.05, 3.63) is 35.4 Å². The third-order valence-corrected chi connectivity index (χ3v) is 5.01. The second-order valence-corrected chi connectivity index (χ2v) is 7.17. The molecule has 1 aliphatic rings. The van der Waals surface area contributed by atoms with E-state index in [2.05, 4.69) is 58.6 Å². The van der Waals surface area contributed by atoms with Gasteiger partial charge in [0.25, 0.3) is 0 Å². The third-order valence-electron chi connectivity index (χ3n) is 5.01. The second-order valence-electron chi connectivity index (χ2n) is 7.17. The van der Waals surface area contributed by atoms with Crippen LogP contribution < -0.4 is 10.6 Å². The zero-order chi connectivity index (χ0) is 19.5. The Morgan fingerprint density at radius 3 is 2.52 bits per heavy atom. The fraction of sp³-hybridized carbons (Fsp3) is 0.667. The summed E-state index contributed by atoms with van der Waals surface area (Å²) in [5.41, 5.74) is 2.46. The third kappa shape index (κ3) is 7.13. The first-order valence-corrected chi connectivity index (χ1v) is 10.1. The zero-order valence-electron chi connectivity index (χ0n) is 17.3. The van der Waals surface area contributed by atoms with E-state index in [0.29, 0.717) is 18.6 Å². The molecule has 1 aromatic carbocycles. The van der Waals surface area contributed by atoms with Crippen LogP contribution in [0.3, 0.4) is 0 Å². The van der Waals surface area contributed by atoms with Gasteiger partial charge >= 0.3 is 0 Å². The number of nitrogens with one attached hydrogen (secondary N) is 2. The molecule has 1 aromatic rings. The molecule has 0 aromatic heterocycles. The van der Waals surface area contributed by atoms with Crippen LogP contribution in [0, 0.1) is 5.92 Å². The van der Waals surface area contributed by atoms with Crippen molar-refractivity contribution in [2.24, 2.45) is 10.9 Å². The average Bonchev–Trinajstić information content (AvgIpc) is 2.70. The van der Waals surface area contributed by atoms with Crippen molar-refractivity contribution in [3.63, 3.8) is 0 Å². The SMILES string of the molecule is CCOCc1ccccc1CNC(=NC)NCC(C(C)C)N1CCOCC1. The fourth-order valence-corrected chi connectivity index (χ4v) is 3.38. The van der Waals surface area contributed by atoms with Crippen LogP contribution >= 0.6 is 0 Å². The van der Waals surface area contributed by atoms with Crippen LogP contribution in [0.25, 0.3) is 0 Å². The van der Waals surface area contributed by atoms with Gasteiger partial charge in [-0.05, 0) is 24.0 Å². The topological polar surface area (TPSA) is 58.1 Å². The number of rotatable bonds is 9. The number of ether oxygens (including phenoxy) is 2. The van der Waals surface area contributed by atoms with Gasteiger partial charge in [-0.3, -0.25) is 9.89 Å². The maximum Gasteiger partial charge on any atom is 0.191 e. The summed E-state index contributed by atoms with van der Waals surface area (Å²) in [5.74, 6) is 1.40. The summed E-state index contributed by atoms with van der Waals surface area (Å²) in [6.45, 7) is 13.2. The molecule has 0 aliphatic carbocycles. The lowest BCUT2D eigenvalue weighted by Crippen LogP contribution is -2.52. The molecule has 0 radical (unpaired) electrons. The van der Waals surface area contributed by atoms with Crippen molar-refractivity contribution in [2.75, 3.05) is 46.5 Å². The quantitative estimate of drug-likeness (QED) is 0.511. The van der Waals surface area contributed by atoms with Crippen LogP contribution in [-0.2, 0) is 22.6 Å². The number of benzene rings is 1. The van der Waals surface area contributed by atoms with Crippen LogP contribution in [0.2, 0.25) is 0 Å². The largest absolute Gasteiger partial charge is 0.379 e. The van der Waals surface area contributed by atoms with Gasteiger partial charge in [0.15, 0.2) is 5.96 Å². The van der Waals surface area contributed by atoms with E-state index in [-0.39, 0.29) is 0 Å². The highest BCUT2D eigenvalue weighted by Crippen LogP contribution is 2.12. The predicted molar refractivity (Wildman–Crippen MR) is 111 cm³/mol. The minimum Gasteiger partial charge on any atom is -0.379 e. The van der Waals surface area contributed by atoms with Crippen molar-refractivity contribution in [1.29, 1.82) is 0 Å². The van der Waals surface area contributed by atoms with E-state index >= 15 is 0 Å². The Morgan fingerprint density at radius 2 is 1.89 bits per heavy atom. The summed E-state index contributed by atoms with van der Waals surface area (Å²) in [4.78, 5) is 6.91. The Balaban J connectivity index is 1.88. The molecular formula is C21H36N4O2. The van der Waals surface area contributed by atoms with E-state index in [1.807, 2.05) is 14.0 Å². The maximum absolute atomic E-state index is 5.58. The highest BCUT2D eigenvalue weighted by Gasteiger charge is 2.23. The van der Waals surface area contributed by atoms with Gasteiger partial charge in [0.05, 0.1) is 19.8 Å². The van der Waals surface area contributed by atoms with E-state index in [1.165, 1.54) is 11.1 Å². The van der Waals surface area contributed by atoms with Gasteiger partial charge in [-0.1, -0.05) is 38.1 Å². The molecule has 1 atom stereocenters. The van der Waals surface area contributed by atoms with Gasteiger partial charge in [-0.15, -0.1) is 0 Å². The molecule has 2 N–H and O–H groups in total. The summed E-state index contributed by atoms with van der Waals surface area (Å²) in [5, 5.41) is 6.95. The van der Waals surface area contributed by atoms with Crippen molar-refractivity contribution in [2.45, 2.75) is 40.0 Å². The van der Waals surface area contributed by atoms with Crippen LogP contribution in [0.15, 0.2) is 29.3 Å². The zero-order valence-corrected chi connectivity index (χ0v) is 17.3. The summed E-state index contributed by atoms with van der Waals surface area (Å²) in [6, 6.07) is 8.85. The molecule has 0 spiro atoms. The molecule has 1 unspecified atom stereocenters. The highest BCUT2D eigenvalue weighted by atomic mass is 16.5.